The van der Waals surface area contributed by atoms with E-state index in [1.165, 1.54) is 4.68 Å². The summed E-state index contributed by atoms with van der Waals surface area (Å²) in [5.74, 6) is -0.485. The normalized spacial score (nSPS) is 10.2. The second kappa shape index (κ2) is 4.92. The number of benzene rings is 1. The second-order valence-electron chi connectivity index (χ2n) is 3.18. The Morgan fingerprint density at radius 2 is 2.18 bits per heavy atom. The Hall–Kier alpha value is -1.95. The molecule has 0 aliphatic carbocycles. The molecule has 0 aliphatic rings. The third kappa shape index (κ3) is 2.42. The van der Waals surface area contributed by atoms with Gasteiger partial charge in [0.15, 0.2) is 0 Å². The van der Waals surface area contributed by atoms with Crippen LogP contribution in [-0.4, -0.2) is 22.4 Å². The molecule has 0 saturated heterocycles. The largest absolute Gasteiger partial charge is 0.461 e. The number of carbonyl (C=O) groups excluding carboxylic acids is 1. The molecule has 0 radical (unpaired) electrons. The first-order valence-electron chi connectivity index (χ1n) is 5.09. The van der Waals surface area contributed by atoms with Crippen molar-refractivity contribution in [1.82, 2.24) is 9.78 Å². The third-order valence-corrected chi connectivity index (χ3v) is 2.84. The van der Waals surface area contributed by atoms with Crippen molar-refractivity contribution in [1.29, 1.82) is 5.41 Å². The highest BCUT2D eigenvalue weighted by atomic mass is 32.1. The van der Waals surface area contributed by atoms with Crippen molar-refractivity contribution in [3.05, 3.63) is 40.1 Å². The molecule has 0 fully saturated rings. The maximum absolute atomic E-state index is 11.5. The van der Waals surface area contributed by atoms with Crippen LogP contribution in [0.1, 0.15) is 16.7 Å². The lowest BCUT2D eigenvalue weighted by Gasteiger charge is -1.99. The van der Waals surface area contributed by atoms with Gasteiger partial charge in [0.2, 0.25) is 9.81 Å². The van der Waals surface area contributed by atoms with E-state index in [4.69, 9.17) is 10.1 Å². The molecule has 0 amide bonds. The summed E-state index contributed by atoms with van der Waals surface area (Å²) in [5.41, 5.74) is 0.754. The van der Waals surface area contributed by atoms with Gasteiger partial charge in [0.1, 0.15) is 0 Å². The summed E-state index contributed by atoms with van der Waals surface area (Å²) >= 11 is 1.00. The number of hydrogen-bond donors (Lipinski definition) is 1. The fourth-order valence-electron chi connectivity index (χ4n) is 1.31. The highest BCUT2D eigenvalue weighted by Crippen LogP contribution is 2.07. The maximum Gasteiger partial charge on any atom is 0.369 e. The van der Waals surface area contributed by atoms with Gasteiger partial charge in [0.25, 0.3) is 0 Å². The third-order valence-electron chi connectivity index (χ3n) is 2.03. The Labute approximate surface area is 102 Å². The van der Waals surface area contributed by atoms with Crippen LogP contribution in [-0.2, 0) is 4.74 Å². The average Bonchev–Trinajstić information content (AvgIpc) is 2.73. The van der Waals surface area contributed by atoms with Crippen molar-refractivity contribution in [2.75, 3.05) is 6.61 Å². The van der Waals surface area contributed by atoms with Crippen molar-refractivity contribution in [3.63, 3.8) is 0 Å². The fourth-order valence-corrected chi connectivity index (χ4v) is 1.99. The van der Waals surface area contributed by atoms with Crippen LogP contribution < -0.4 is 4.80 Å². The number of aromatic nitrogens is 2. The second-order valence-corrected chi connectivity index (χ2v) is 4.16. The van der Waals surface area contributed by atoms with Crippen LogP contribution in [0.25, 0.3) is 5.69 Å². The van der Waals surface area contributed by atoms with Crippen LogP contribution >= 0.6 is 11.3 Å². The molecule has 0 saturated carbocycles. The van der Waals surface area contributed by atoms with Crippen LogP contribution in [0.2, 0.25) is 0 Å². The molecular weight excluding hydrogens is 238 g/mol. The van der Waals surface area contributed by atoms with Gasteiger partial charge in [-0.25, -0.2) is 9.48 Å². The Balaban J connectivity index is 2.38. The SMILES string of the molecule is CCOC(=O)c1nn(-c2ccccc2)c(=N)s1. The van der Waals surface area contributed by atoms with E-state index in [0.29, 0.717) is 6.61 Å². The summed E-state index contributed by atoms with van der Waals surface area (Å²) in [6, 6.07) is 9.24. The Kier molecular flexibility index (Phi) is 3.34. The van der Waals surface area contributed by atoms with E-state index in [2.05, 4.69) is 5.10 Å². The van der Waals surface area contributed by atoms with Crippen LogP contribution in [0.5, 0.6) is 0 Å². The first-order chi connectivity index (χ1) is 8.22. The van der Waals surface area contributed by atoms with Crippen LogP contribution in [0.15, 0.2) is 30.3 Å². The van der Waals surface area contributed by atoms with Gasteiger partial charge in [0, 0.05) is 0 Å². The van der Waals surface area contributed by atoms with Gasteiger partial charge in [-0.05, 0) is 19.1 Å². The quantitative estimate of drug-likeness (QED) is 0.840. The molecule has 1 heterocycles. The smallest absolute Gasteiger partial charge is 0.369 e. The predicted octanol–water partition coefficient (Wildman–Crippen LogP) is 1.59. The van der Waals surface area contributed by atoms with Gasteiger partial charge in [-0.3, -0.25) is 5.41 Å². The van der Waals surface area contributed by atoms with Crippen molar-refractivity contribution < 1.29 is 9.53 Å². The van der Waals surface area contributed by atoms with E-state index in [1.807, 2.05) is 30.3 Å². The Morgan fingerprint density at radius 3 is 2.82 bits per heavy atom. The van der Waals surface area contributed by atoms with Gasteiger partial charge in [-0.2, -0.15) is 0 Å². The number of rotatable bonds is 3. The lowest BCUT2D eigenvalue weighted by molar-refractivity contribution is 0.0524. The zero-order chi connectivity index (χ0) is 12.3. The van der Waals surface area contributed by atoms with Crippen LogP contribution in [0.4, 0.5) is 0 Å². The number of carbonyl (C=O) groups is 1. The first-order valence-corrected chi connectivity index (χ1v) is 5.91. The molecule has 0 bridgehead atoms. The van der Waals surface area contributed by atoms with Gasteiger partial charge >= 0.3 is 5.97 Å². The molecule has 0 atom stereocenters. The molecule has 2 rings (SSSR count). The molecule has 0 spiro atoms. The fraction of sp³-hybridized carbons (Fsp3) is 0.182. The van der Waals surface area contributed by atoms with E-state index in [9.17, 15) is 4.79 Å². The highest BCUT2D eigenvalue weighted by Gasteiger charge is 2.14. The number of para-hydroxylation sites is 1. The lowest BCUT2D eigenvalue weighted by Crippen LogP contribution is -2.12. The van der Waals surface area contributed by atoms with E-state index >= 15 is 0 Å². The van der Waals surface area contributed by atoms with E-state index < -0.39 is 5.97 Å². The van der Waals surface area contributed by atoms with E-state index in [0.717, 1.165) is 17.0 Å². The summed E-state index contributed by atoms with van der Waals surface area (Å²) in [7, 11) is 0. The van der Waals surface area contributed by atoms with E-state index in [-0.39, 0.29) is 9.81 Å². The summed E-state index contributed by atoms with van der Waals surface area (Å²) < 4.78 is 6.26. The van der Waals surface area contributed by atoms with Gasteiger partial charge in [0.05, 0.1) is 12.3 Å². The van der Waals surface area contributed by atoms with Crippen LogP contribution in [0.3, 0.4) is 0 Å². The standard InChI is InChI=1S/C11H11N3O2S/c1-2-16-10(15)9-13-14(11(12)17-9)8-6-4-3-5-7-8/h3-7,12H,2H2,1H3. The molecule has 1 aromatic heterocycles. The molecule has 5 nitrogen and oxygen atoms in total. The highest BCUT2D eigenvalue weighted by molar-refractivity contribution is 7.10. The minimum absolute atomic E-state index is 0.194. The summed E-state index contributed by atoms with van der Waals surface area (Å²) in [6.45, 7) is 2.04. The monoisotopic (exact) mass is 249 g/mol. The topological polar surface area (TPSA) is 68.0 Å². The lowest BCUT2D eigenvalue weighted by atomic mass is 10.3. The zero-order valence-electron chi connectivity index (χ0n) is 9.21. The van der Waals surface area contributed by atoms with Crippen molar-refractivity contribution in [2.24, 2.45) is 0 Å². The number of nitrogens with one attached hydrogen (secondary N) is 1. The van der Waals surface area contributed by atoms with Crippen molar-refractivity contribution >= 4 is 17.3 Å². The van der Waals surface area contributed by atoms with Gasteiger partial charge in [-0.15, -0.1) is 5.10 Å². The molecule has 1 N–H and O–H groups in total. The Morgan fingerprint density at radius 1 is 1.47 bits per heavy atom. The maximum atomic E-state index is 11.5. The summed E-state index contributed by atoms with van der Waals surface area (Å²) in [4.78, 5) is 11.7. The number of nitrogens with zero attached hydrogens (tertiary/aromatic N) is 2. The minimum Gasteiger partial charge on any atom is -0.461 e. The predicted molar refractivity (Wildman–Crippen MR) is 63.3 cm³/mol. The first kappa shape index (κ1) is 11.5. The number of ether oxygens (including phenoxy) is 1. The minimum atomic E-state index is -0.485. The van der Waals surface area contributed by atoms with Gasteiger partial charge < -0.3 is 4.74 Å². The summed E-state index contributed by atoms with van der Waals surface area (Å²) in [6.07, 6.45) is 0. The van der Waals surface area contributed by atoms with E-state index in [1.54, 1.807) is 6.92 Å². The van der Waals surface area contributed by atoms with Crippen molar-refractivity contribution in [3.8, 4) is 5.69 Å². The molecule has 2 aromatic rings. The molecule has 88 valence electrons. The zero-order valence-corrected chi connectivity index (χ0v) is 10.0. The molecule has 0 unspecified atom stereocenters. The number of esters is 1. The molecule has 0 aliphatic heterocycles. The summed E-state index contributed by atoms with van der Waals surface area (Å²) in [5, 5.41) is 12.0. The van der Waals surface area contributed by atoms with Crippen molar-refractivity contribution in [2.45, 2.75) is 6.92 Å². The molecule has 17 heavy (non-hydrogen) atoms. The molecular formula is C11H11N3O2S. The number of hydrogen-bond acceptors (Lipinski definition) is 5. The van der Waals surface area contributed by atoms with Gasteiger partial charge in [-0.1, -0.05) is 29.5 Å². The molecule has 6 heteroatoms. The molecule has 1 aromatic carbocycles. The average molecular weight is 249 g/mol. The van der Waals surface area contributed by atoms with Crippen LogP contribution in [0, 0.1) is 5.41 Å². The Bertz CT molecular complexity index is 574.